The Kier molecular flexibility index (Phi) is 4.71. The van der Waals surface area contributed by atoms with Crippen LogP contribution < -0.4 is 0 Å². The Morgan fingerprint density at radius 2 is 1.74 bits per heavy atom. The normalized spacial score (nSPS) is 26.3. The SMILES string of the molecule is CC1CN(C(=O)C2CCN(C(=O)c3ccoc3)CC2)CC(C)O1. The van der Waals surface area contributed by atoms with E-state index in [0.29, 0.717) is 31.7 Å². The van der Waals surface area contributed by atoms with E-state index in [2.05, 4.69) is 0 Å². The fourth-order valence-electron chi connectivity index (χ4n) is 3.51. The number of furan rings is 1. The molecule has 0 radical (unpaired) electrons. The minimum atomic E-state index is -0.0155. The van der Waals surface area contributed by atoms with Crippen LogP contribution in [-0.2, 0) is 9.53 Å². The van der Waals surface area contributed by atoms with Crippen LogP contribution in [0.2, 0.25) is 0 Å². The second kappa shape index (κ2) is 6.74. The lowest BCUT2D eigenvalue weighted by molar-refractivity contribution is -0.148. The summed E-state index contributed by atoms with van der Waals surface area (Å²) in [4.78, 5) is 28.7. The third-order valence-electron chi connectivity index (χ3n) is 4.63. The Bertz CT molecular complexity index is 539. The molecular formula is C17H24N2O4. The molecule has 2 atom stereocenters. The van der Waals surface area contributed by atoms with Crippen LogP contribution >= 0.6 is 0 Å². The zero-order chi connectivity index (χ0) is 16.4. The Labute approximate surface area is 136 Å². The van der Waals surface area contributed by atoms with Crippen LogP contribution in [0.1, 0.15) is 37.0 Å². The van der Waals surface area contributed by atoms with Crippen LogP contribution in [0.4, 0.5) is 0 Å². The number of hydrogen-bond acceptors (Lipinski definition) is 4. The predicted octanol–water partition coefficient (Wildman–Crippen LogP) is 1.77. The minimum Gasteiger partial charge on any atom is -0.472 e. The highest BCUT2D eigenvalue weighted by Crippen LogP contribution is 2.23. The molecule has 2 aliphatic rings. The molecule has 1 aromatic heterocycles. The third-order valence-corrected chi connectivity index (χ3v) is 4.63. The summed E-state index contributed by atoms with van der Waals surface area (Å²) in [6.45, 7) is 6.57. The monoisotopic (exact) mass is 320 g/mol. The van der Waals surface area contributed by atoms with E-state index in [4.69, 9.17) is 9.15 Å². The quantitative estimate of drug-likeness (QED) is 0.833. The van der Waals surface area contributed by atoms with Gasteiger partial charge >= 0.3 is 0 Å². The molecule has 6 heteroatoms. The molecule has 126 valence electrons. The standard InChI is InChI=1S/C17H24N2O4/c1-12-9-19(10-13(2)23-12)16(20)14-3-6-18(7-4-14)17(21)15-5-8-22-11-15/h5,8,11-14H,3-4,6-7,9-10H2,1-2H3. The van der Waals surface area contributed by atoms with Crippen molar-refractivity contribution in [3.8, 4) is 0 Å². The van der Waals surface area contributed by atoms with Gasteiger partial charge in [0.15, 0.2) is 0 Å². The molecule has 2 saturated heterocycles. The van der Waals surface area contributed by atoms with Gasteiger partial charge in [0.2, 0.25) is 5.91 Å². The first-order valence-corrected chi connectivity index (χ1v) is 8.30. The van der Waals surface area contributed by atoms with E-state index in [9.17, 15) is 9.59 Å². The van der Waals surface area contributed by atoms with E-state index < -0.39 is 0 Å². The Morgan fingerprint density at radius 1 is 1.09 bits per heavy atom. The van der Waals surface area contributed by atoms with Gasteiger partial charge in [-0.3, -0.25) is 9.59 Å². The first-order chi connectivity index (χ1) is 11.0. The van der Waals surface area contributed by atoms with Crippen molar-refractivity contribution >= 4 is 11.8 Å². The minimum absolute atomic E-state index is 0.0147. The number of morpholine rings is 1. The second-order valence-electron chi connectivity index (χ2n) is 6.58. The van der Waals surface area contributed by atoms with Crippen molar-refractivity contribution in [2.24, 2.45) is 5.92 Å². The number of amides is 2. The molecule has 2 amide bonds. The number of ether oxygens (including phenoxy) is 1. The largest absolute Gasteiger partial charge is 0.472 e. The van der Waals surface area contributed by atoms with Crippen LogP contribution in [0.15, 0.2) is 23.0 Å². The topological polar surface area (TPSA) is 63.0 Å². The Morgan fingerprint density at radius 3 is 2.30 bits per heavy atom. The van der Waals surface area contributed by atoms with Gasteiger partial charge in [0, 0.05) is 32.1 Å². The summed E-state index contributed by atoms with van der Waals surface area (Å²) < 4.78 is 10.7. The lowest BCUT2D eigenvalue weighted by Gasteiger charge is -2.39. The molecule has 0 aliphatic carbocycles. The fraction of sp³-hybridized carbons (Fsp3) is 0.647. The lowest BCUT2D eigenvalue weighted by atomic mass is 9.94. The molecule has 2 aliphatic heterocycles. The van der Waals surface area contributed by atoms with Crippen LogP contribution in [-0.4, -0.2) is 60.0 Å². The fourth-order valence-corrected chi connectivity index (χ4v) is 3.51. The summed E-state index contributed by atoms with van der Waals surface area (Å²) in [7, 11) is 0. The number of likely N-dealkylation sites (tertiary alicyclic amines) is 1. The van der Waals surface area contributed by atoms with Crippen LogP contribution in [0.3, 0.4) is 0 Å². The number of carbonyl (C=O) groups excluding carboxylic acids is 2. The highest BCUT2D eigenvalue weighted by Gasteiger charge is 2.33. The maximum Gasteiger partial charge on any atom is 0.257 e. The van der Waals surface area contributed by atoms with Gasteiger partial charge in [0.25, 0.3) is 5.91 Å². The van der Waals surface area contributed by atoms with Crippen molar-refractivity contribution in [2.75, 3.05) is 26.2 Å². The molecule has 0 spiro atoms. The maximum atomic E-state index is 12.7. The van der Waals surface area contributed by atoms with E-state index in [1.165, 1.54) is 12.5 Å². The summed E-state index contributed by atoms with van der Waals surface area (Å²) in [6, 6.07) is 1.68. The van der Waals surface area contributed by atoms with Crippen LogP contribution in [0.25, 0.3) is 0 Å². The van der Waals surface area contributed by atoms with E-state index in [1.54, 1.807) is 11.0 Å². The molecule has 23 heavy (non-hydrogen) atoms. The van der Waals surface area contributed by atoms with Gasteiger partial charge in [-0.1, -0.05) is 0 Å². The third kappa shape index (κ3) is 3.58. The summed E-state index contributed by atoms with van der Waals surface area (Å²) >= 11 is 0. The molecule has 0 N–H and O–H groups in total. The van der Waals surface area contributed by atoms with Gasteiger partial charge in [-0.15, -0.1) is 0 Å². The molecule has 3 rings (SSSR count). The van der Waals surface area contributed by atoms with Gasteiger partial charge in [-0.05, 0) is 32.8 Å². The summed E-state index contributed by atoms with van der Waals surface area (Å²) in [5.41, 5.74) is 0.575. The predicted molar refractivity (Wildman–Crippen MR) is 83.9 cm³/mol. The molecule has 1 aromatic rings. The van der Waals surface area contributed by atoms with Crippen molar-refractivity contribution in [1.29, 1.82) is 0 Å². The summed E-state index contributed by atoms with van der Waals surface area (Å²) in [5.74, 6) is 0.210. The van der Waals surface area contributed by atoms with Crippen molar-refractivity contribution < 1.29 is 18.7 Å². The van der Waals surface area contributed by atoms with Gasteiger partial charge < -0.3 is 19.0 Å². The van der Waals surface area contributed by atoms with E-state index >= 15 is 0 Å². The summed E-state index contributed by atoms with van der Waals surface area (Å²) in [5, 5.41) is 0. The first-order valence-electron chi connectivity index (χ1n) is 8.30. The van der Waals surface area contributed by atoms with E-state index in [0.717, 1.165) is 12.8 Å². The molecule has 0 saturated carbocycles. The van der Waals surface area contributed by atoms with Crippen molar-refractivity contribution in [3.05, 3.63) is 24.2 Å². The average molecular weight is 320 g/mol. The summed E-state index contributed by atoms with van der Waals surface area (Å²) in [6.07, 6.45) is 4.60. The highest BCUT2D eigenvalue weighted by atomic mass is 16.5. The van der Waals surface area contributed by atoms with Crippen molar-refractivity contribution in [3.63, 3.8) is 0 Å². The molecule has 3 heterocycles. The van der Waals surface area contributed by atoms with E-state index in [-0.39, 0.29) is 29.9 Å². The number of piperidine rings is 1. The number of carbonyl (C=O) groups is 2. The number of hydrogen-bond donors (Lipinski definition) is 0. The first kappa shape index (κ1) is 16.1. The molecule has 6 nitrogen and oxygen atoms in total. The van der Waals surface area contributed by atoms with Crippen LogP contribution in [0.5, 0.6) is 0 Å². The lowest BCUT2D eigenvalue weighted by Crippen LogP contribution is -2.51. The van der Waals surface area contributed by atoms with Gasteiger partial charge in [0.05, 0.1) is 24.0 Å². The molecular weight excluding hydrogens is 296 g/mol. The smallest absolute Gasteiger partial charge is 0.257 e. The Balaban J connectivity index is 1.54. The zero-order valence-corrected chi connectivity index (χ0v) is 13.7. The second-order valence-corrected chi connectivity index (χ2v) is 6.58. The van der Waals surface area contributed by atoms with Gasteiger partial charge in [0.1, 0.15) is 6.26 Å². The van der Waals surface area contributed by atoms with E-state index in [1.807, 2.05) is 18.7 Å². The number of rotatable bonds is 2. The molecule has 0 bridgehead atoms. The number of nitrogens with zero attached hydrogens (tertiary/aromatic N) is 2. The van der Waals surface area contributed by atoms with Gasteiger partial charge in [-0.2, -0.15) is 0 Å². The van der Waals surface area contributed by atoms with Gasteiger partial charge in [-0.25, -0.2) is 0 Å². The van der Waals surface area contributed by atoms with Crippen molar-refractivity contribution in [2.45, 2.75) is 38.9 Å². The highest BCUT2D eigenvalue weighted by molar-refractivity contribution is 5.94. The van der Waals surface area contributed by atoms with Crippen molar-refractivity contribution in [1.82, 2.24) is 9.80 Å². The average Bonchev–Trinajstić information content (AvgIpc) is 3.07. The Hall–Kier alpha value is -1.82. The zero-order valence-electron chi connectivity index (χ0n) is 13.7. The molecule has 0 aromatic carbocycles. The molecule has 2 fully saturated rings. The molecule has 2 unspecified atom stereocenters. The van der Waals surface area contributed by atoms with Crippen LogP contribution in [0, 0.1) is 5.92 Å². The maximum absolute atomic E-state index is 12.7.